The molecule has 0 radical (unpaired) electrons. The molecule has 0 bridgehead atoms. The van der Waals surface area contributed by atoms with E-state index in [-0.39, 0.29) is 23.3 Å². The van der Waals surface area contributed by atoms with E-state index in [1.54, 1.807) is 25.2 Å². The summed E-state index contributed by atoms with van der Waals surface area (Å²) >= 11 is 7.11. The summed E-state index contributed by atoms with van der Waals surface area (Å²) in [5.74, 6) is 0.160. The van der Waals surface area contributed by atoms with E-state index in [0.717, 1.165) is 5.56 Å². The van der Waals surface area contributed by atoms with Gasteiger partial charge in [-0.2, -0.15) is 5.26 Å². The first-order valence-electron chi connectivity index (χ1n) is 6.68. The Bertz CT molecular complexity index is 587. The lowest BCUT2D eigenvalue weighted by Gasteiger charge is -2.15. The standard InChI is InChI=1S/C15H18ClN3O2S/c1-11-8-12(16)4-5-13(11)18-14(20)9-22-10-15(21)19(2)7-3-6-17/h4-5,8H,3,7,9-10H2,1-2H3,(H,18,20). The lowest BCUT2D eigenvalue weighted by molar-refractivity contribution is -0.127. The summed E-state index contributed by atoms with van der Waals surface area (Å²) in [7, 11) is 1.65. The first kappa shape index (κ1) is 18.3. The van der Waals surface area contributed by atoms with Crippen molar-refractivity contribution in [2.75, 3.05) is 30.4 Å². The minimum atomic E-state index is -0.164. The van der Waals surface area contributed by atoms with Gasteiger partial charge in [0.15, 0.2) is 0 Å². The van der Waals surface area contributed by atoms with Crippen LogP contribution in [0.2, 0.25) is 5.02 Å². The van der Waals surface area contributed by atoms with Crippen molar-refractivity contribution in [2.45, 2.75) is 13.3 Å². The maximum atomic E-state index is 11.8. The third-order valence-corrected chi connectivity index (χ3v) is 4.06. The fourth-order valence-corrected chi connectivity index (χ4v) is 2.62. The highest BCUT2D eigenvalue weighted by Gasteiger charge is 2.10. The van der Waals surface area contributed by atoms with Crippen LogP contribution in [0.3, 0.4) is 0 Å². The largest absolute Gasteiger partial charge is 0.344 e. The Morgan fingerprint density at radius 2 is 2.14 bits per heavy atom. The van der Waals surface area contributed by atoms with Crippen molar-refractivity contribution >= 4 is 40.9 Å². The SMILES string of the molecule is Cc1cc(Cl)ccc1NC(=O)CSCC(=O)N(C)CCC#N. The molecule has 1 rings (SSSR count). The van der Waals surface area contributed by atoms with E-state index in [9.17, 15) is 9.59 Å². The minimum absolute atomic E-state index is 0.0873. The van der Waals surface area contributed by atoms with Crippen LogP contribution in [-0.2, 0) is 9.59 Å². The number of nitriles is 1. The molecule has 0 heterocycles. The van der Waals surface area contributed by atoms with Crippen molar-refractivity contribution in [3.8, 4) is 6.07 Å². The van der Waals surface area contributed by atoms with Gasteiger partial charge in [-0.05, 0) is 30.7 Å². The fourth-order valence-electron chi connectivity index (χ4n) is 1.64. The summed E-state index contributed by atoms with van der Waals surface area (Å²) in [5.41, 5.74) is 1.60. The normalized spacial score (nSPS) is 9.91. The summed E-state index contributed by atoms with van der Waals surface area (Å²) < 4.78 is 0. The van der Waals surface area contributed by atoms with Crippen LogP contribution in [-0.4, -0.2) is 41.8 Å². The van der Waals surface area contributed by atoms with Gasteiger partial charge in [0.1, 0.15) is 0 Å². The van der Waals surface area contributed by atoms with Gasteiger partial charge in [-0.15, -0.1) is 11.8 Å². The second-order valence-corrected chi connectivity index (χ2v) is 6.15. The Morgan fingerprint density at radius 1 is 1.41 bits per heavy atom. The minimum Gasteiger partial charge on any atom is -0.344 e. The quantitative estimate of drug-likeness (QED) is 0.829. The van der Waals surface area contributed by atoms with Crippen LogP contribution in [0.15, 0.2) is 18.2 Å². The van der Waals surface area contributed by atoms with Crippen LogP contribution < -0.4 is 5.32 Å². The molecule has 1 aromatic rings. The molecule has 0 spiro atoms. The number of carbonyl (C=O) groups excluding carboxylic acids is 2. The van der Waals surface area contributed by atoms with Crippen LogP contribution in [0, 0.1) is 18.3 Å². The zero-order chi connectivity index (χ0) is 16.5. The molecule has 1 aromatic carbocycles. The van der Waals surface area contributed by atoms with E-state index in [1.165, 1.54) is 16.7 Å². The lowest BCUT2D eigenvalue weighted by atomic mass is 10.2. The fraction of sp³-hybridized carbons (Fsp3) is 0.400. The summed E-state index contributed by atoms with van der Waals surface area (Å²) in [6, 6.07) is 7.23. The van der Waals surface area contributed by atoms with E-state index >= 15 is 0 Å². The molecule has 0 aliphatic rings. The van der Waals surface area contributed by atoms with Gasteiger partial charge < -0.3 is 10.2 Å². The highest BCUT2D eigenvalue weighted by atomic mass is 35.5. The number of aryl methyl sites for hydroxylation is 1. The molecule has 2 amide bonds. The zero-order valence-corrected chi connectivity index (χ0v) is 14.1. The van der Waals surface area contributed by atoms with E-state index in [0.29, 0.717) is 23.7 Å². The lowest BCUT2D eigenvalue weighted by Crippen LogP contribution is -2.29. The van der Waals surface area contributed by atoms with Crippen LogP contribution in [0.4, 0.5) is 5.69 Å². The maximum Gasteiger partial charge on any atom is 0.234 e. The molecule has 5 nitrogen and oxygen atoms in total. The summed E-state index contributed by atoms with van der Waals surface area (Å²) in [5, 5.41) is 11.9. The number of carbonyl (C=O) groups is 2. The van der Waals surface area contributed by atoms with Crippen molar-refractivity contribution in [1.82, 2.24) is 4.90 Å². The van der Waals surface area contributed by atoms with Crippen LogP contribution in [0.5, 0.6) is 0 Å². The number of rotatable bonds is 7. The maximum absolute atomic E-state index is 11.8. The average Bonchev–Trinajstić information content (AvgIpc) is 2.47. The number of nitrogens with zero attached hydrogens (tertiary/aromatic N) is 2. The van der Waals surface area contributed by atoms with Gasteiger partial charge in [-0.25, -0.2) is 0 Å². The molecule has 0 unspecified atom stereocenters. The number of halogens is 1. The van der Waals surface area contributed by atoms with Gasteiger partial charge in [0.2, 0.25) is 11.8 Å². The molecule has 1 N–H and O–H groups in total. The molecule has 0 saturated carbocycles. The van der Waals surface area contributed by atoms with Gasteiger partial charge in [-0.1, -0.05) is 11.6 Å². The van der Waals surface area contributed by atoms with Gasteiger partial charge in [0, 0.05) is 24.3 Å². The topological polar surface area (TPSA) is 73.2 Å². The highest BCUT2D eigenvalue weighted by molar-refractivity contribution is 8.00. The Hall–Kier alpha value is -1.71. The van der Waals surface area contributed by atoms with Crippen molar-refractivity contribution in [3.05, 3.63) is 28.8 Å². The number of nitrogens with one attached hydrogen (secondary N) is 1. The molecule has 0 aliphatic carbocycles. The Balaban J connectivity index is 2.34. The molecule has 0 aromatic heterocycles. The van der Waals surface area contributed by atoms with E-state index in [4.69, 9.17) is 16.9 Å². The van der Waals surface area contributed by atoms with Crippen molar-refractivity contribution in [1.29, 1.82) is 5.26 Å². The van der Waals surface area contributed by atoms with Crippen LogP contribution >= 0.6 is 23.4 Å². The first-order valence-corrected chi connectivity index (χ1v) is 8.22. The third-order valence-electron chi connectivity index (χ3n) is 2.91. The van der Waals surface area contributed by atoms with Crippen LogP contribution in [0.1, 0.15) is 12.0 Å². The van der Waals surface area contributed by atoms with Gasteiger partial charge >= 0.3 is 0 Å². The molecule has 7 heteroatoms. The van der Waals surface area contributed by atoms with E-state index < -0.39 is 0 Å². The Labute approximate surface area is 139 Å². The van der Waals surface area contributed by atoms with Crippen molar-refractivity contribution < 1.29 is 9.59 Å². The number of benzene rings is 1. The third kappa shape index (κ3) is 6.37. The average molecular weight is 340 g/mol. The summed E-state index contributed by atoms with van der Waals surface area (Å²) in [6.45, 7) is 2.27. The number of hydrogen-bond acceptors (Lipinski definition) is 4. The number of anilines is 1. The molecular formula is C15H18ClN3O2S. The van der Waals surface area contributed by atoms with Gasteiger partial charge in [-0.3, -0.25) is 9.59 Å². The predicted molar refractivity (Wildman–Crippen MR) is 90.0 cm³/mol. The summed E-state index contributed by atoms with van der Waals surface area (Å²) in [4.78, 5) is 25.1. The highest BCUT2D eigenvalue weighted by Crippen LogP contribution is 2.19. The van der Waals surface area contributed by atoms with E-state index in [2.05, 4.69) is 5.32 Å². The van der Waals surface area contributed by atoms with Crippen molar-refractivity contribution in [3.63, 3.8) is 0 Å². The number of amides is 2. The summed E-state index contributed by atoms with van der Waals surface area (Å²) in [6.07, 6.45) is 0.309. The zero-order valence-electron chi connectivity index (χ0n) is 12.6. The number of hydrogen-bond donors (Lipinski definition) is 1. The van der Waals surface area contributed by atoms with Gasteiger partial charge in [0.05, 0.1) is 24.0 Å². The van der Waals surface area contributed by atoms with Crippen molar-refractivity contribution in [2.24, 2.45) is 0 Å². The predicted octanol–water partition coefficient (Wildman–Crippen LogP) is 2.69. The monoisotopic (exact) mass is 339 g/mol. The molecule has 0 saturated heterocycles. The molecule has 0 atom stereocenters. The second kappa shape index (κ2) is 9.34. The molecular weight excluding hydrogens is 322 g/mol. The molecule has 118 valence electrons. The smallest absolute Gasteiger partial charge is 0.234 e. The first-order chi connectivity index (χ1) is 10.4. The molecule has 0 fully saturated rings. The Kier molecular flexibility index (Phi) is 7.78. The second-order valence-electron chi connectivity index (χ2n) is 4.72. The van der Waals surface area contributed by atoms with E-state index in [1.807, 2.05) is 13.0 Å². The number of thioether (sulfide) groups is 1. The molecule has 22 heavy (non-hydrogen) atoms. The molecule has 0 aliphatic heterocycles. The van der Waals surface area contributed by atoms with Gasteiger partial charge in [0.25, 0.3) is 0 Å². The van der Waals surface area contributed by atoms with Crippen LogP contribution in [0.25, 0.3) is 0 Å². The Morgan fingerprint density at radius 3 is 2.77 bits per heavy atom.